The van der Waals surface area contributed by atoms with Crippen molar-refractivity contribution in [1.29, 1.82) is 0 Å². The molecule has 0 aliphatic carbocycles. The van der Waals surface area contributed by atoms with Gasteiger partial charge in [0.1, 0.15) is 34.7 Å². The number of hydrogen-bond donors (Lipinski definition) is 0. The van der Waals surface area contributed by atoms with Crippen LogP contribution in [0.1, 0.15) is 60.8 Å². The molecule has 0 aromatic carbocycles. The van der Waals surface area contributed by atoms with E-state index in [2.05, 4.69) is 0 Å². The summed E-state index contributed by atoms with van der Waals surface area (Å²) < 4.78 is 0. The second-order valence-electron chi connectivity index (χ2n) is 4.74. The predicted molar refractivity (Wildman–Crippen MR) is 77.9 cm³/mol. The van der Waals surface area contributed by atoms with Crippen LogP contribution in [-0.4, -0.2) is 34.7 Å². The molecule has 0 aromatic rings. The second kappa shape index (κ2) is 17.6. The Morgan fingerprint density at radius 2 is 0.500 bits per heavy atom. The van der Waals surface area contributed by atoms with Crippen LogP contribution in [0.4, 0.5) is 0 Å². The summed E-state index contributed by atoms with van der Waals surface area (Å²) in [6.07, 6.45) is 0.250. The predicted octanol–water partition coefficient (Wildman–Crippen LogP) is 1.66. The molecule has 0 N–H and O–H groups in total. The molecule has 0 spiro atoms. The SMILES string of the molecule is CC(=O)CC(C)=O.CC(=O)CC(C)=O.CC(=O)CC(C)=O.[Mn+3]. The molecule has 0 saturated heterocycles. The third-order valence-corrected chi connectivity index (χ3v) is 1.49. The summed E-state index contributed by atoms with van der Waals surface area (Å²) in [7, 11) is 0. The van der Waals surface area contributed by atoms with Crippen LogP contribution in [0.15, 0.2) is 0 Å². The molecular weight excluding hydrogens is 331 g/mol. The average Bonchev–Trinajstić information content (AvgIpc) is 2.10. The van der Waals surface area contributed by atoms with Crippen molar-refractivity contribution < 1.29 is 45.8 Å². The van der Waals surface area contributed by atoms with Crippen molar-refractivity contribution in [3.05, 3.63) is 0 Å². The van der Waals surface area contributed by atoms with Gasteiger partial charge in [0.2, 0.25) is 0 Å². The minimum absolute atomic E-state index is 0. The van der Waals surface area contributed by atoms with Crippen molar-refractivity contribution in [1.82, 2.24) is 0 Å². The van der Waals surface area contributed by atoms with Gasteiger partial charge >= 0.3 is 17.1 Å². The van der Waals surface area contributed by atoms with E-state index >= 15 is 0 Å². The zero-order valence-corrected chi connectivity index (χ0v) is 15.1. The van der Waals surface area contributed by atoms with E-state index in [0.717, 1.165) is 0 Å². The van der Waals surface area contributed by atoms with Crippen molar-refractivity contribution in [2.24, 2.45) is 0 Å². The number of ketones is 6. The van der Waals surface area contributed by atoms with Crippen LogP contribution in [0.25, 0.3) is 0 Å². The van der Waals surface area contributed by atoms with Crippen molar-refractivity contribution in [3.63, 3.8) is 0 Å². The van der Waals surface area contributed by atoms with Crippen molar-refractivity contribution >= 4 is 34.7 Å². The normalized spacial score (nSPS) is 7.91. The molecule has 0 fully saturated rings. The van der Waals surface area contributed by atoms with Gasteiger partial charge in [-0.15, -0.1) is 0 Å². The molecule has 0 amide bonds. The van der Waals surface area contributed by atoms with Gasteiger partial charge in [0.05, 0.1) is 19.3 Å². The van der Waals surface area contributed by atoms with E-state index in [1.54, 1.807) is 0 Å². The van der Waals surface area contributed by atoms with E-state index in [1.807, 2.05) is 0 Å². The van der Waals surface area contributed by atoms with E-state index in [9.17, 15) is 28.8 Å². The Hall–Kier alpha value is -1.46. The summed E-state index contributed by atoms with van der Waals surface area (Å²) in [5.74, 6) is -0.375. The summed E-state index contributed by atoms with van der Waals surface area (Å²) in [6.45, 7) is 8.42. The molecule has 0 radical (unpaired) electrons. The van der Waals surface area contributed by atoms with Gasteiger partial charge in [-0.1, -0.05) is 0 Å². The quantitative estimate of drug-likeness (QED) is 0.530. The molecular formula is C15H24MnO6+3. The first-order valence-electron chi connectivity index (χ1n) is 6.35. The largest absolute Gasteiger partial charge is 3.00 e. The van der Waals surface area contributed by atoms with Crippen LogP contribution in [0.5, 0.6) is 0 Å². The minimum atomic E-state index is -0.0625. The molecule has 0 unspecified atom stereocenters. The van der Waals surface area contributed by atoms with E-state index in [4.69, 9.17) is 0 Å². The fourth-order valence-corrected chi connectivity index (χ4v) is 1.05. The number of hydrogen-bond acceptors (Lipinski definition) is 6. The molecule has 7 heteroatoms. The maximum atomic E-state index is 10.0. The molecule has 0 rings (SSSR count). The molecule has 0 aliphatic rings. The Morgan fingerprint density at radius 1 is 0.409 bits per heavy atom. The van der Waals surface area contributed by atoms with Gasteiger partial charge in [0.15, 0.2) is 0 Å². The standard InChI is InChI=1S/3C5H8O2.Mn/c3*1-4(6)3-5(2)7;/h3*3H2,1-2H3;/q;;;+3. The summed E-state index contributed by atoms with van der Waals surface area (Å²) in [5.41, 5.74) is 0. The smallest absolute Gasteiger partial charge is 0.300 e. The van der Waals surface area contributed by atoms with Gasteiger partial charge < -0.3 is 0 Å². The van der Waals surface area contributed by atoms with Gasteiger partial charge in [0, 0.05) is 0 Å². The van der Waals surface area contributed by atoms with Crippen LogP contribution < -0.4 is 0 Å². The van der Waals surface area contributed by atoms with Gasteiger partial charge in [0.25, 0.3) is 0 Å². The van der Waals surface area contributed by atoms with Crippen LogP contribution >= 0.6 is 0 Å². The minimum Gasteiger partial charge on any atom is -0.300 e. The third-order valence-electron chi connectivity index (χ3n) is 1.49. The Kier molecular flexibility index (Phi) is 22.9. The van der Waals surface area contributed by atoms with Crippen molar-refractivity contribution in [2.45, 2.75) is 60.8 Å². The van der Waals surface area contributed by atoms with Gasteiger partial charge in [-0.2, -0.15) is 0 Å². The number of carbonyl (C=O) groups is 6. The molecule has 22 heavy (non-hydrogen) atoms. The molecule has 0 aromatic heterocycles. The Balaban J connectivity index is -0.000000108. The maximum absolute atomic E-state index is 10.0. The number of carbonyl (C=O) groups excluding carboxylic acids is 6. The van der Waals surface area contributed by atoms with Crippen LogP contribution in [0, 0.1) is 0 Å². The maximum Gasteiger partial charge on any atom is 3.00 e. The van der Waals surface area contributed by atoms with Gasteiger partial charge in [-0.25, -0.2) is 0 Å². The topological polar surface area (TPSA) is 102 Å². The zero-order valence-electron chi connectivity index (χ0n) is 13.9. The Morgan fingerprint density at radius 3 is 0.500 bits per heavy atom. The molecule has 124 valence electrons. The summed E-state index contributed by atoms with van der Waals surface area (Å²) in [6, 6.07) is 0. The fourth-order valence-electron chi connectivity index (χ4n) is 1.05. The molecule has 0 atom stereocenters. The number of Topliss-reactive ketones (excluding diaryl/α,β-unsaturated/α-hetero) is 6. The Labute approximate surface area is 141 Å². The van der Waals surface area contributed by atoms with Crippen molar-refractivity contribution in [3.8, 4) is 0 Å². The zero-order chi connectivity index (χ0) is 17.6. The molecule has 0 aliphatic heterocycles. The first-order valence-corrected chi connectivity index (χ1v) is 6.35. The first-order chi connectivity index (χ1) is 9.38. The fraction of sp³-hybridized carbons (Fsp3) is 0.600. The summed E-state index contributed by atoms with van der Waals surface area (Å²) in [4.78, 5) is 60.2. The van der Waals surface area contributed by atoms with Crippen LogP contribution in [0.3, 0.4) is 0 Å². The summed E-state index contributed by atoms with van der Waals surface area (Å²) >= 11 is 0. The van der Waals surface area contributed by atoms with Crippen LogP contribution in [0.2, 0.25) is 0 Å². The van der Waals surface area contributed by atoms with Crippen molar-refractivity contribution in [2.75, 3.05) is 0 Å². The van der Waals surface area contributed by atoms with E-state index in [-0.39, 0.29) is 71.0 Å². The number of rotatable bonds is 6. The van der Waals surface area contributed by atoms with Crippen LogP contribution in [-0.2, 0) is 45.8 Å². The Bertz CT molecular complexity index is 314. The third kappa shape index (κ3) is 51.3. The van der Waals surface area contributed by atoms with E-state index in [1.165, 1.54) is 41.5 Å². The van der Waals surface area contributed by atoms with Gasteiger partial charge in [-0.3, -0.25) is 28.8 Å². The van der Waals surface area contributed by atoms with Gasteiger partial charge in [-0.05, 0) is 41.5 Å². The van der Waals surface area contributed by atoms with E-state index < -0.39 is 0 Å². The van der Waals surface area contributed by atoms with E-state index in [0.29, 0.717) is 0 Å². The molecule has 0 bridgehead atoms. The second-order valence-corrected chi connectivity index (χ2v) is 4.74. The molecule has 0 saturated carbocycles. The first kappa shape index (κ1) is 28.7. The summed E-state index contributed by atoms with van der Waals surface area (Å²) in [5, 5.41) is 0. The molecule has 6 nitrogen and oxygen atoms in total. The monoisotopic (exact) mass is 355 g/mol. The molecule has 0 heterocycles. The average molecular weight is 355 g/mol.